The summed E-state index contributed by atoms with van der Waals surface area (Å²) >= 11 is 0. The van der Waals surface area contributed by atoms with Crippen molar-refractivity contribution in [2.45, 2.75) is 0 Å². The van der Waals surface area contributed by atoms with Gasteiger partial charge in [-0.2, -0.15) is 21.0 Å². The van der Waals surface area contributed by atoms with E-state index >= 15 is 0 Å². The van der Waals surface area contributed by atoms with Crippen LogP contribution in [0.25, 0.3) is 77.2 Å². The highest BCUT2D eigenvalue weighted by atomic mass is 15.0. The van der Waals surface area contributed by atoms with Crippen molar-refractivity contribution in [3.8, 4) is 57.9 Å². The van der Waals surface area contributed by atoms with Crippen molar-refractivity contribution < 1.29 is 0 Å². The van der Waals surface area contributed by atoms with E-state index in [1.807, 2.05) is 48.5 Å². The Morgan fingerprint density at radius 1 is 0.327 bits per heavy atom. The number of aromatic nitrogens is 2. The summed E-state index contributed by atoms with van der Waals surface area (Å²) in [5.74, 6) is 0. The summed E-state index contributed by atoms with van der Waals surface area (Å²) in [6.07, 6.45) is 0. The molecule has 0 aliphatic carbocycles. The number of fused-ring (bicyclic) bond motifs is 6. The van der Waals surface area contributed by atoms with Crippen LogP contribution in [0, 0.1) is 45.3 Å². The molecule has 0 saturated carbocycles. The minimum atomic E-state index is 0.427. The number of rotatable bonds is 4. The van der Waals surface area contributed by atoms with Crippen molar-refractivity contribution in [3.63, 3.8) is 0 Å². The second kappa shape index (κ2) is 11.9. The van der Waals surface area contributed by atoms with Crippen LogP contribution < -0.4 is 0 Å². The maximum Gasteiger partial charge on any atom is 0.0998 e. The second-order valence-electron chi connectivity index (χ2n) is 12.6. The number of hydrogen-bond acceptors (Lipinski definition) is 4. The molecular weight excluding hydrogens is 637 g/mol. The van der Waals surface area contributed by atoms with Gasteiger partial charge in [-0.05, 0) is 90.0 Å². The quantitative estimate of drug-likeness (QED) is 0.187. The van der Waals surface area contributed by atoms with Crippen LogP contribution in [-0.2, 0) is 0 Å². The molecule has 0 aliphatic heterocycles. The van der Waals surface area contributed by atoms with Crippen molar-refractivity contribution in [3.05, 3.63) is 168 Å². The highest BCUT2D eigenvalue weighted by Gasteiger charge is 2.20. The van der Waals surface area contributed by atoms with Gasteiger partial charge >= 0.3 is 0 Å². The van der Waals surface area contributed by atoms with Crippen LogP contribution >= 0.6 is 0 Å². The number of para-hydroxylation sites is 2. The largest absolute Gasteiger partial charge is 0.309 e. The molecule has 9 aromatic rings. The SMILES string of the molecule is N#Cc1cccc(C#N)c1-c1ccc2c(c1)c1ccc(-c3c(C#N)cccc3C#N)cc1n2-c1ccc2c(c1)c1ccccc1n2-c1ccccc1. The van der Waals surface area contributed by atoms with Crippen molar-refractivity contribution in [2.24, 2.45) is 0 Å². The van der Waals surface area contributed by atoms with E-state index < -0.39 is 0 Å². The highest BCUT2D eigenvalue weighted by Crippen LogP contribution is 2.41. The summed E-state index contributed by atoms with van der Waals surface area (Å²) < 4.78 is 4.50. The Morgan fingerprint density at radius 3 is 1.44 bits per heavy atom. The lowest BCUT2D eigenvalue weighted by atomic mass is 9.93. The lowest BCUT2D eigenvalue weighted by Crippen LogP contribution is -1.96. The fraction of sp³-hybridized carbons (Fsp3) is 0. The molecule has 0 N–H and O–H groups in total. The molecule has 52 heavy (non-hydrogen) atoms. The molecule has 238 valence electrons. The van der Waals surface area contributed by atoms with E-state index in [-0.39, 0.29) is 0 Å². The van der Waals surface area contributed by atoms with Crippen LogP contribution in [0.2, 0.25) is 0 Å². The number of nitrogens with zero attached hydrogens (tertiary/aromatic N) is 6. The molecule has 0 spiro atoms. The zero-order valence-corrected chi connectivity index (χ0v) is 27.5. The van der Waals surface area contributed by atoms with Crippen molar-refractivity contribution in [2.75, 3.05) is 0 Å². The third-order valence-corrected chi connectivity index (χ3v) is 9.88. The van der Waals surface area contributed by atoms with E-state index in [1.165, 1.54) is 0 Å². The second-order valence-corrected chi connectivity index (χ2v) is 12.6. The van der Waals surface area contributed by atoms with Gasteiger partial charge in [-0.25, -0.2) is 0 Å². The molecule has 2 aromatic heterocycles. The van der Waals surface area contributed by atoms with Gasteiger partial charge in [0.05, 0.1) is 68.6 Å². The topological polar surface area (TPSA) is 105 Å². The Kier molecular flexibility index (Phi) is 6.91. The van der Waals surface area contributed by atoms with Gasteiger partial charge in [0, 0.05) is 44.0 Å². The summed E-state index contributed by atoms with van der Waals surface area (Å²) in [6, 6.07) is 56.8. The van der Waals surface area contributed by atoms with E-state index in [0.717, 1.165) is 66.1 Å². The van der Waals surface area contributed by atoms with Gasteiger partial charge < -0.3 is 9.13 Å². The maximum absolute atomic E-state index is 10.0. The van der Waals surface area contributed by atoms with Gasteiger partial charge in [-0.15, -0.1) is 0 Å². The minimum Gasteiger partial charge on any atom is -0.309 e. The molecule has 0 radical (unpaired) electrons. The molecule has 0 aliphatic rings. The first-order chi connectivity index (χ1) is 25.6. The number of nitriles is 4. The molecule has 0 fully saturated rings. The molecule has 0 atom stereocenters. The summed E-state index contributed by atoms with van der Waals surface area (Å²) in [5.41, 5.74) is 10.5. The molecule has 0 amide bonds. The minimum absolute atomic E-state index is 0.427. The summed E-state index contributed by atoms with van der Waals surface area (Å²) in [7, 11) is 0. The van der Waals surface area contributed by atoms with Crippen LogP contribution in [0.15, 0.2) is 146 Å². The summed E-state index contributed by atoms with van der Waals surface area (Å²) in [5, 5.41) is 44.2. The first-order valence-electron chi connectivity index (χ1n) is 16.7. The molecule has 2 heterocycles. The van der Waals surface area contributed by atoms with Crippen molar-refractivity contribution >= 4 is 43.6 Å². The van der Waals surface area contributed by atoms with Crippen LogP contribution in [0.4, 0.5) is 0 Å². The lowest BCUT2D eigenvalue weighted by Gasteiger charge is -2.12. The predicted octanol–water partition coefficient (Wildman–Crippen LogP) is 10.7. The third kappa shape index (κ3) is 4.47. The first kappa shape index (κ1) is 30.2. The van der Waals surface area contributed by atoms with Gasteiger partial charge in [0.2, 0.25) is 0 Å². The average molecular weight is 661 g/mol. The molecule has 0 unspecified atom stereocenters. The van der Waals surface area contributed by atoms with Crippen LogP contribution in [-0.4, -0.2) is 9.13 Å². The smallest absolute Gasteiger partial charge is 0.0998 e. The summed E-state index contributed by atoms with van der Waals surface area (Å²) in [4.78, 5) is 0. The van der Waals surface area contributed by atoms with Gasteiger partial charge in [-0.1, -0.05) is 66.7 Å². The molecule has 6 nitrogen and oxygen atoms in total. The molecule has 7 aromatic carbocycles. The molecular formula is C46H24N6. The molecule has 9 rings (SSSR count). The van der Waals surface area contributed by atoms with Crippen molar-refractivity contribution in [1.29, 1.82) is 21.0 Å². The fourth-order valence-electron chi connectivity index (χ4n) is 7.66. The fourth-order valence-corrected chi connectivity index (χ4v) is 7.66. The Hall–Kier alpha value is -7.90. The standard InChI is InChI=1S/C46H24N6/c47-25-31-8-6-9-32(26-48)45(31)29-17-20-42-39(22-29)38-19-16-30(46-33(27-49)10-7-11-34(46)28-50)23-44(38)52(42)36-18-21-43-40(24-36)37-14-4-5-15-41(37)51(43)35-12-2-1-3-13-35/h1-24H. The number of benzene rings is 7. The summed E-state index contributed by atoms with van der Waals surface area (Å²) in [6.45, 7) is 0. The van der Waals surface area contributed by atoms with Crippen LogP contribution in [0.3, 0.4) is 0 Å². The third-order valence-electron chi connectivity index (χ3n) is 9.88. The van der Waals surface area contributed by atoms with Crippen LogP contribution in [0.5, 0.6) is 0 Å². The molecule has 0 saturated heterocycles. The van der Waals surface area contributed by atoms with Gasteiger partial charge in [0.1, 0.15) is 0 Å². The van der Waals surface area contributed by atoms with Crippen LogP contribution in [0.1, 0.15) is 22.3 Å². The zero-order chi connectivity index (χ0) is 35.3. The van der Waals surface area contributed by atoms with Gasteiger partial charge in [0.15, 0.2) is 0 Å². The molecule has 6 heteroatoms. The van der Waals surface area contributed by atoms with E-state index in [9.17, 15) is 21.0 Å². The average Bonchev–Trinajstić information content (AvgIpc) is 3.71. The zero-order valence-electron chi connectivity index (χ0n) is 27.5. The Bertz CT molecular complexity index is 3050. The van der Waals surface area contributed by atoms with Crippen molar-refractivity contribution in [1.82, 2.24) is 9.13 Å². The van der Waals surface area contributed by atoms with E-state index in [1.54, 1.807) is 36.4 Å². The van der Waals surface area contributed by atoms with E-state index in [2.05, 4.69) is 94.1 Å². The Balaban J connectivity index is 1.37. The van der Waals surface area contributed by atoms with Gasteiger partial charge in [-0.3, -0.25) is 0 Å². The maximum atomic E-state index is 10.0. The normalized spacial score (nSPS) is 11.0. The first-order valence-corrected chi connectivity index (χ1v) is 16.7. The Labute approximate surface area is 298 Å². The van der Waals surface area contributed by atoms with E-state index in [0.29, 0.717) is 33.4 Å². The monoisotopic (exact) mass is 660 g/mol. The predicted molar refractivity (Wildman–Crippen MR) is 205 cm³/mol. The highest BCUT2D eigenvalue weighted by molar-refractivity contribution is 6.13. The van der Waals surface area contributed by atoms with Gasteiger partial charge in [0.25, 0.3) is 0 Å². The Morgan fingerprint density at radius 2 is 0.808 bits per heavy atom. The lowest BCUT2D eigenvalue weighted by molar-refractivity contribution is 1.17. The van der Waals surface area contributed by atoms with E-state index in [4.69, 9.17) is 0 Å². The molecule has 0 bridgehead atoms. The number of hydrogen-bond donors (Lipinski definition) is 0.